The molecule has 0 radical (unpaired) electrons. The van der Waals surface area contributed by atoms with Crippen LogP contribution in [0.25, 0.3) is 0 Å². The zero-order chi connectivity index (χ0) is 12.4. The second-order valence-corrected chi connectivity index (χ2v) is 3.08. The molecule has 0 unspecified atom stereocenters. The molecule has 16 heavy (non-hydrogen) atoms. The van der Waals surface area contributed by atoms with Crippen molar-refractivity contribution in [2.24, 2.45) is 0 Å². The molecule has 1 N–H and O–H groups in total. The number of rotatable bonds is 4. The predicted molar refractivity (Wildman–Crippen MR) is 61.1 cm³/mol. The molecule has 4 nitrogen and oxygen atoms in total. The molecule has 1 aromatic carbocycles. The van der Waals surface area contributed by atoms with E-state index in [1.807, 2.05) is 44.2 Å². The van der Waals surface area contributed by atoms with Crippen LogP contribution in [0.15, 0.2) is 43.0 Å². The van der Waals surface area contributed by atoms with Crippen LogP contribution in [-0.4, -0.2) is 17.2 Å². The Morgan fingerprint density at radius 1 is 1.38 bits per heavy atom. The molecule has 1 rings (SSSR count). The summed E-state index contributed by atoms with van der Waals surface area (Å²) in [4.78, 5) is 19.1. The first-order valence-electron chi connectivity index (χ1n) is 4.80. The Bertz CT molecular complexity index is 306. The lowest BCUT2D eigenvalue weighted by atomic mass is 10.3. The first-order chi connectivity index (χ1) is 7.56. The van der Waals surface area contributed by atoms with Crippen molar-refractivity contribution in [3.05, 3.63) is 43.0 Å². The molecule has 0 saturated heterocycles. The van der Waals surface area contributed by atoms with E-state index in [1.54, 1.807) is 0 Å². The van der Waals surface area contributed by atoms with Crippen molar-refractivity contribution in [1.82, 2.24) is 0 Å². The quantitative estimate of drug-likeness (QED) is 0.485. The Morgan fingerprint density at radius 2 is 1.88 bits per heavy atom. The van der Waals surface area contributed by atoms with Crippen LogP contribution < -0.4 is 4.89 Å². The lowest BCUT2D eigenvalue weighted by Crippen LogP contribution is -2.05. The minimum atomic E-state index is -0.981. The van der Waals surface area contributed by atoms with Crippen molar-refractivity contribution in [3.63, 3.8) is 0 Å². The van der Waals surface area contributed by atoms with Crippen molar-refractivity contribution >= 4 is 5.97 Å². The second kappa shape index (κ2) is 8.49. The minimum Gasteiger partial charge on any atom is -0.478 e. The van der Waals surface area contributed by atoms with E-state index in [2.05, 4.69) is 6.58 Å². The van der Waals surface area contributed by atoms with Crippen LogP contribution >= 0.6 is 0 Å². The van der Waals surface area contributed by atoms with Gasteiger partial charge in [-0.15, -0.1) is 0 Å². The molecule has 0 bridgehead atoms. The smallest absolute Gasteiger partial charge is 0.327 e. The normalized spacial score (nSPS) is 8.94. The maximum atomic E-state index is 9.25. The number of aliphatic carboxylic acids is 1. The van der Waals surface area contributed by atoms with Gasteiger partial charge in [-0.2, -0.15) is 4.89 Å². The molecule has 4 heteroatoms. The summed E-state index contributed by atoms with van der Waals surface area (Å²) in [6, 6.07) is 9.44. The third-order valence-corrected chi connectivity index (χ3v) is 1.25. The van der Waals surface area contributed by atoms with E-state index in [-0.39, 0.29) is 6.10 Å². The maximum absolute atomic E-state index is 9.25. The third kappa shape index (κ3) is 8.77. The Morgan fingerprint density at radius 3 is 2.25 bits per heavy atom. The first-order valence-corrected chi connectivity index (χ1v) is 4.80. The van der Waals surface area contributed by atoms with Gasteiger partial charge in [-0.1, -0.05) is 24.8 Å². The molecule has 0 amide bonds. The van der Waals surface area contributed by atoms with Crippen molar-refractivity contribution in [3.8, 4) is 5.75 Å². The van der Waals surface area contributed by atoms with E-state index in [9.17, 15) is 4.79 Å². The maximum Gasteiger partial charge on any atom is 0.327 e. The molecule has 0 heterocycles. The summed E-state index contributed by atoms with van der Waals surface area (Å²) in [6.07, 6.45) is 0.926. The average molecular weight is 224 g/mol. The lowest BCUT2D eigenvalue weighted by molar-refractivity contribution is -0.234. The van der Waals surface area contributed by atoms with Crippen LogP contribution in [0.2, 0.25) is 0 Å². The standard InChI is InChI=1S/C9H12O2.C3H4O2/c1-8(2)10-11-9-6-4-3-5-7-9;1-2-3(4)5/h3-8H,1-2H3;2H,1H2,(H,4,5). The summed E-state index contributed by atoms with van der Waals surface area (Å²) in [7, 11) is 0. The molecule has 88 valence electrons. The number of hydrogen-bond acceptors (Lipinski definition) is 3. The highest BCUT2D eigenvalue weighted by molar-refractivity contribution is 5.78. The summed E-state index contributed by atoms with van der Waals surface area (Å²) < 4.78 is 0. The van der Waals surface area contributed by atoms with E-state index in [0.717, 1.165) is 11.8 Å². The summed E-state index contributed by atoms with van der Waals surface area (Å²) in [5.41, 5.74) is 0. The Labute approximate surface area is 95.0 Å². The van der Waals surface area contributed by atoms with Crippen LogP contribution in [0.5, 0.6) is 5.75 Å². The Kier molecular flexibility index (Phi) is 7.53. The summed E-state index contributed by atoms with van der Waals surface area (Å²) in [6.45, 7) is 6.80. The molecule has 0 spiro atoms. The molecule has 0 aliphatic carbocycles. The van der Waals surface area contributed by atoms with Crippen molar-refractivity contribution in [2.45, 2.75) is 20.0 Å². The molecule has 0 aliphatic rings. The fourth-order valence-electron chi connectivity index (χ4n) is 0.628. The number of carbonyl (C=O) groups is 1. The molecule has 0 aromatic heterocycles. The average Bonchev–Trinajstić information content (AvgIpc) is 2.28. The second-order valence-electron chi connectivity index (χ2n) is 3.08. The monoisotopic (exact) mass is 224 g/mol. The van der Waals surface area contributed by atoms with E-state index in [4.69, 9.17) is 14.9 Å². The molecule has 0 atom stereocenters. The highest BCUT2D eigenvalue weighted by atomic mass is 17.2. The zero-order valence-corrected chi connectivity index (χ0v) is 9.42. The van der Waals surface area contributed by atoms with Crippen LogP contribution in [-0.2, 0) is 9.68 Å². The van der Waals surface area contributed by atoms with Gasteiger partial charge in [-0.05, 0) is 26.0 Å². The van der Waals surface area contributed by atoms with Gasteiger partial charge in [-0.25, -0.2) is 4.79 Å². The van der Waals surface area contributed by atoms with Gasteiger partial charge in [0.05, 0.1) is 6.10 Å². The predicted octanol–water partition coefficient (Wildman–Crippen LogP) is 2.66. The van der Waals surface area contributed by atoms with Gasteiger partial charge in [0.1, 0.15) is 0 Å². The molecule has 1 aromatic rings. The van der Waals surface area contributed by atoms with Crippen molar-refractivity contribution < 1.29 is 19.7 Å². The zero-order valence-electron chi connectivity index (χ0n) is 9.42. The molecule has 0 aliphatic heterocycles. The topological polar surface area (TPSA) is 55.8 Å². The molecular weight excluding hydrogens is 208 g/mol. The fraction of sp³-hybridized carbons (Fsp3) is 0.250. The van der Waals surface area contributed by atoms with E-state index in [0.29, 0.717) is 0 Å². The SMILES string of the molecule is C=CC(=O)O.CC(C)OOc1ccccc1. The van der Waals surface area contributed by atoms with E-state index in [1.165, 1.54) is 0 Å². The number of hydrogen-bond donors (Lipinski definition) is 1. The van der Waals surface area contributed by atoms with Gasteiger partial charge in [0.25, 0.3) is 0 Å². The van der Waals surface area contributed by atoms with Gasteiger partial charge in [0, 0.05) is 6.08 Å². The Balaban J connectivity index is 0.000000385. The number of carboxylic acid groups (broad SMARTS) is 1. The summed E-state index contributed by atoms with van der Waals surface area (Å²) in [5, 5.41) is 7.60. The van der Waals surface area contributed by atoms with Gasteiger partial charge in [0.15, 0.2) is 5.75 Å². The van der Waals surface area contributed by atoms with Gasteiger partial charge in [0.2, 0.25) is 0 Å². The van der Waals surface area contributed by atoms with Gasteiger partial charge >= 0.3 is 5.97 Å². The van der Waals surface area contributed by atoms with Crippen LogP contribution in [0, 0.1) is 0 Å². The van der Waals surface area contributed by atoms with Crippen LogP contribution in [0.3, 0.4) is 0 Å². The summed E-state index contributed by atoms with van der Waals surface area (Å²) in [5.74, 6) is -0.244. The largest absolute Gasteiger partial charge is 0.478 e. The molecule has 0 fully saturated rings. The first kappa shape index (κ1) is 14.2. The lowest BCUT2D eigenvalue weighted by Gasteiger charge is -2.06. The van der Waals surface area contributed by atoms with Crippen LogP contribution in [0.1, 0.15) is 13.8 Å². The number of benzene rings is 1. The molecule has 0 saturated carbocycles. The highest BCUT2D eigenvalue weighted by Crippen LogP contribution is 2.09. The minimum absolute atomic E-state index is 0.0928. The fourth-order valence-corrected chi connectivity index (χ4v) is 0.628. The van der Waals surface area contributed by atoms with Crippen molar-refractivity contribution in [2.75, 3.05) is 0 Å². The van der Waals surface area contributed by atoms with Crippen LogP contribution in [0.4, 0.5) is 0 Å². The van der Waals surface area contributed by atoms with Gasteiger partial charge in [-0.3, -0.25) is 0 Å². The molecular formula is C12H16O4. The van der Waals surface area contributed by atoms with E-state index < -0.39 is 5.97 Å². The number of para-hydroxylation sites is 1. The van der Waals surface area contributed by atoms with Gasteiger partial charge < -0.3 is 9.99 Å². The van der Waals surface area contributed by atoms with E-state index >= 15 is 0 Å². The number of carboxylic acids is 1. The summed E-state index contributed by atoms with van der Waals surface area (Å²) >= 11 is 0. The highest BCUT2D eigenvalue weighted by Gasteiger charge is 1.94. The third-order valence-electron chi connectivity index (χ3n) is 1.25. The van der Waals surface area contributed by atoms with Crippen molar-refractivity contribution in [1.29, 1.82) is 0 Å². The Hall–Kier alpha value is -1.81.